The van der Waals surface area contributed by atoms with Crippen molar-refractivity contribution in [1.82, 2.24) is 4.90 Å². The molecule has 0 saturated heterocycles. The van der Waals surface area contributed by atoms with Crippen LogP contribution >= 0.6 is 0 Å². The van der Waals surface area contributed by atoms with Crippen molar-refractivity contribution < 1.29 is 31.9 Å². The number of nitrogens with one attached hydrogen (secondary N) is 1. The number of anilines is 1. The SMILES string of the molecule is CCOC(=O)CCN(C)C(=O)c1ccc(NC(c2cc(-c3ccc(OCCCS(C)(=O)=O)cc3)oc2C)C2CCCCC2)cc1. The number of carbonyl (C=O) groups is 2. The number of ether oxygens (including phenoxy) is 2. The minimum Gasteiger partial charge on any atom is -0.494 e. The van der Waals surface area contributed by atoms with Gasteiger partial charge in [0.1, 0.15) is 27.1 Å². The van der Waals surface area contributed by atoms with Crippen LogP contribution in [0.4, 0.5) is 5.69 Å². The van der Waals surface area contributed by atoms with Crippen molar-refractivity contribution in [1.29, 1.82) is 0 Å². The molecule has 1 aliphatic carbocycles. The van der Waals surface area contributed by atoms with Crippen LogP contribution in [0.1, 0.15) is 79.6 Å². The Morgan fingerprint density at radius 1 is 1.04 bits per heavy atom. The first-order chi connectivity index (χ1) is 21.5. The first-order valence-electron chi connectivity index (χ1n) is 15.8. The van der Waals surface area contributed by atoms with Crippen molar-refractivity contribution in [3.8, 4) is 17.1 Å². The Kier molecular flexibility index (Phi) is 12.1. The molecule has 2 aromatic carbocycles. The minimum absolute atomic E-state index is 0.0501. The van der Waals surface area contributed by atoms with Gasteiger partial charge in [-0.1, -0.05) is 19.3 Å². The molecular formula is C35H46N2O7S. The van der Waals surface area contributed by atoms with Crippen LogP contribution in [0.15, 0.2) is 59.0 Å². The summed E-state index contributed by atoms with van der Waals surface area (Å²) in [7, 11) is -1.31. The molecule has 10 heteroatoms. The van der Waals surface area contributed by atoms with Crippen LogP contribution < -0.4 is 10.1 Å². The summed E-state index contributed by atoms with van der Waals surface area (Å²) in [4.78, 5) is 26.2. The second kappa shape index (κ2) is 16.0. The summed E-state index contributed by atoms with van der Waals surface area (Å²) >= 11 is 0. The maximum absolute atomic E-state index is 12.9. The van der Waals surface area contributed by atoms with Gasteiger partial charge in [-0.05, 0) is 93.6 Å². The van der Waals surface area contributed by atoms with Gasteiger partial charge in [0.15, 0.2) is 0 Å². The number of sulfone groups is 1. The van der Waals surface area contributed by atoms with Crippen LogP contribution in [0.2, 0.25) is 0 Å². The summed E-state index contributed by atoms with van der Waals surface area (Å²) in [6, 6.07) is 17.4. The van der Waals surface area contributed by atoms with Gasteiger partial charge in [0, 0.05) is 42.2 Å². The van der Waals surface area contributed by atoms with E-state index in [1.807, 2.05) is 55.5 Å². The number of aryl methyl sites for hydroxylation is 1. The first kappa shape index (κ1) is 34.1. The first-order valence-corrected chi connectivity index (χ1v) is 17.9. The molecule has 1 heterocycles. The molecule has 0 spiro atoms. The molecule has 1 aliphatic rings. The zero-order chi connectivity index (χ0) is 32.4. The third kappa shape index (κ3) is 10.1. The normalized spacial score (nSPS) is 14.5. The number of amides is 1. The molecule has 0 aliphatic heterocycles. The molecule has 0 radical (unpaired) electrons. The Morgan fingerprint density at radius 3 is 2.38 bits per heavy atom. The lowest BCUT2D eigenvalue weighted by Crippen LogP contribution is -2.29. The van der Waals surface area contributed by atoms with Gasteiger partial charge in [0.25, 0.3) is 5.91 Å². The van der Waals surface area contributed by atoms with Gasteiger partial charge < -0.3 is 24.1 Å². The van der Waals surface area contributed by atoms with Crippen LogP contribution in [0.3, 0.4) is 0 Å². The van der Waals surface area contributed by atoms with Crippen molar-refractivity contribution in [3.63, 3.8) is 0 Å². The molecule has 1 N–H and O–H groups in total. The predicted molar refractivity (Wildman–Crippen MR) is 176 cm³/mol. The highest BCUT2D eigenvalue weighted by molar-refractivity contribution is 7.90. The van der Waals surface area contributed by atoms with E-state index in [0.29, 0.717) is 43.4 Å². The molecule has 1 fully saturated rings. The zero-order valence-corrected chi connectivity index (χ0v) is 27.7. The molecule has 9 nitrogen and oxygen atoms in total. The fraction of sp³-hybridized carbons (Fsp3) is 0.486. The molecule has 1 aromatic heterocycles. The van der Waals surface area contributed by atoms with E-state index in [2.05, 4.69) is 11.4 Å². The molecule has 1 atom stereocenters. The van der Waals surface area contributed by atoms with Gasteiger partial charge in [-0.25, -0.2) is 8.42 Å². The van der Waals surface area contributed by atoms with Gasteiger partial charge in [-0.2, -0.15) is 0 Å². The smallest absolute Gasteiger partial charge is 0.307 e. The third-order valence-electron chi connectivity index (χ3n) is 8.24. The van der Waals surface area contributed by atoms with Gasteiger partial charge in [0.05, 0.1) is 31.4 Å². The lowest BCUT2D eigenvalue weighted by atomic mass is 9.81. The molecule has 4 rings (SSSR count). The second-order valence-electron chi connectivity index (χ2n) is 11.9. The number of rotatable bonds is 15. The molecule has 244 valence electrons. The number of esters is 1. The van der Waals surface area contributed by atoms with Gasteiger partial charge in [-0.3, -0.25) is 9.59 Å². The van der Waals surface area contributed by atoms with Crippen molar-refractivity contribution in [2.75, 3.05) is 44.1 Å². The van der Waals surface area contributed by atoms with E-state index in [-0.39, 0.29) is 30.1 Å². The topological polar surface area (TPSA) is 115 Å². The quantitative estimate of drug-likeness (QED) is 0.142. The van der Waals surface area contributed by atoms with Gasteiger partial charge >= 0.3 is 5.97 Å². The number of nitrogens with zero attached hydrogens (tertiary/aromatic N) is 1. The number of hydrogen-bond acceptors (Lipinski definition) is 8. The number of carbonyl (C=O) groups excluding carboxylic acids is 2. The van der Waals surface area contributed by atoms with E-state index < -0.39 is 9.84 Å². The van der Waals surface area contributed by atoms with Gasteiger partial charge in [0.2, 0.25) is 0 Å². The van der Waals surface area contributed by atoms with Crippen LogP contribution in [-0.4, -0.2) is 64.0 Å². The standard InChI is InChI=1S/C35H46N2O7S/c1-5-42-33(38)20-21-37(3)35(39)28-12-16-29(17-13-28)36-34(27-10-7-6-8-11-27)31-24-32(44-25(31)2)26-14-18-30(19-15-26)43-22-9-23-45(4,40)41/h12-19,24,27,34,36H,5-11,20-23H2,1-4H3. The van der Waals surface area contributed by atoms with Crippen LogP contribution in [0.5, 0.6) is 5.75 Å². The predicted octanol–water partition coefficient (Wildman–Crippen LogP) is 6.83. The van der Waals surface area contributed by atoms with E-state index in [1.54, 1.807) is 14.0 Å². The highest BCUT2D eigenvalue weighted by atomic mass is 32.2. The Labute approximate surface area is 267 Å². The number of furan rings is 1. The summed E-state index contributed by atoms with van der Waals surface area (Å²) in [5.74, 6) is 2.42. The van der Waals surface area contributed by atoms with Crippen LogP contribution in [-0.2, 0) is 19.4 Å². The van der Waals surface area contributed by atoms with Gasteiger partial charge in [-0.15, -0.1) is 0 Å². The Bertz CT molecular complexity index is 1510. The molecule has 45 heavy (non-hydrogen) atoms. The van der Waals surface area contributed by atoms with Crippen LogP contribution in [0.25, 0.3) is 11.3 Å². The van der Waals surface area contributed by atoms with E-state index in [9.17, 15) is 18.0 Å². The Hall–Kier alpha value is -3.79. The number of benzene rings is 2. The molecule has 0 bridgehead atoms. The highest BCUT2D eigenvalue weighted by Gasteiger charge is 2.29. The summed E-state index contributed by atoms with van der Waals surface area (Å²) in [5, 5.41) is 3.76. The molecule has 1 amide bonds. The van der Waals surface area contributed by atoms with E-state index in [4.69, 9.17) is 13.9 Å². The second-order valence-corrected chi connectivity index (χ2v) is 14.1. The van der Waals surface area contributed by atoms with E-state index in [0.717, 1.165) is 41.2 Å². The maximum Gasteiger partial charge on any atom is 0.307 e. The molecule has 3 aromatic rings. The zero-order valence-electron chi connectivity index (χ0n) is 26.8. The average Bonchev–Trinajstić information content (AvgIpc) is 3.42. The van der Waals surface area contributed by atoms with Crippen LogP contribution in [0, 0.1) is 12.8 Å². The summed E-state index contributed by atoms with van der Waals surface area (Å²) < 4.78 is 39.7. The monoisotopic (exact) mass is 638 g/mol. The van der Waals surface area contributed by atoms with E-state index >= 15 is 0 Å². The average molecular weight is 639 g/mol. The highest BCUT2D eigenvalue weighted by Crippen LogP contribution is 2.40. The lowest BCUT2D eigenvalue weighted by Gasteiger charge is -2.31. The minimum atomic E-state index is -3.00. The fourth-order valence-corrected chi connectivity index (χ4v) is 6.44. The summed E-state index contributed by atoms with van der Waals surface area (Å²) in [6.45, 7) is 4.73. The van der Waals surface area contributed by atoms with Crippen molar-refractivity contribution >= 4 is 27.4 Å². The third-order valence-corrected chi connectivity index (χ3v) is 9.27. The Morgan fingerprint density at radius 2 is 1.73 bits per heavy atom. The Balaban J connectivity index is 1.45. The molecule has 1 saturated carbocycles. The lowest BCUT2D eigenvalue weighted by molar-refractivity contribution is -0.143. The summed E-state index contributed by atoms with van der Waals surface area (Å²) in [6.07, 6.45) is 7.75. The largest absolute Gasteiger partial charge is 0.494 e. The fourth-order valence-electron chi connectivity index (χ4n) is 5.79. The summed E-state index contributed by atoms with van der Waals surface area (Å²) in [5.41, 5.74) is 3.54. The number of hydrogen-bond donors (Lipinski definition) is 1. The van der Waals surface area contributed by atoms with E-state index in [1.165, 1.54) is 30.4 Å². The molecule has 1 unspecified atom stereocenters. The van der Waals surface area contributed by atoms with Crippen molar-refractivity contribution in [3.05, 3.63) is 71.5 Å². The van der Waals surface area contributed by atoms with Crippen molar-refractivity contribution in [2.45, 2.75) is 64.8 Å². The molecular weight excluding hydrogens is 592 g/mol. The maximum atomic E-state index is 12.9. The van der Waals surface area contributed by atoms with Crippen molar-refractivity contribution in [2.24, 2.45) is 5.92 Å².